The summed E-state index contributed by atoms with van der Waals surface area (Å²) in [4.78, 5) is 4.59. The zero-order chi connectivity index (χ0) is 12.7. The van der Waals surface area contributed by atoms with Crippen LogP contribution >= 0.6 is 0 Å². The number of nitrogens with zero attached hydrogens (tertiary/aromatic N) is 2. The lowest BCUT2D eigenvalue weighted by Crippen LogP contribution is -2.08. The minimum atomic E-state index is 0.621. The summed E-state index contributed by atoms with van der Waals surface area (Å²) < 4.78 is 2.18. The summed E-state index contributed by atoms with van der Waals surface area (Å²) >= 11 is 0. The molecule has 1 N–H and O–H groups in total. The number of imidazole rings is 1. The number of nitrogens with one attached hydrogen (secondary N) is 1. The lowest BCUT2D eigenvalue weighted by atomic mass is 10.1. The molecule has 0 saturated heterocycles. The van der Waals surface area contributed by atoms with Crippen molar-refractivity contribution < 1.29 is 0 Å². The molecule has 3 heteroatoms. The third kappa shape index (κ3) is 2.01. The van der Waals surface area contributed by atoms with Crippen LogP contribution in [-0.2, 0) is 0 Å². The first-order chi connectivity index (χ1) is 8.65. The molecule has 1 heterocycles. The van der Waals surface area contributed by atoms with Crippen LogP contribution < -0.4 is 5.32 Å². The number of aromatic nitrogens is 2. The Morgan fingerprint density at radius 1 is 1.22 bits per heavy atom. The molecule has 1 aromatic carbocycles. The van der Waals surface area contributed by atoms with Crippen molar-refractivity contribution in [3.05, 3.63) is 41.2 Å². The third-order valence-corrected chi connectivity index (χ3v) is 3.57. The summed E-state index contributed by atoms with van der Waals surface area (Å²) in [7, 11) is 0. The molecular formula is C15H19N3. The van der Waals surface area contributed by atoms with Crippen molar-refractivity contribution in [2.24, 2.45) is 0 Å². The van der Waals surface area contributed by atoms with Gasteiger partial charge in [0.1, 0.15) is 0 Å². The molecule has 1 aromatic heterocycles. The predicted octanol–water partition coefficient (Wildman–Crippen LogP) is 3.37. The first kappa shape index (κ1) is 11.3. The second kappa shape index (κ2) is 4.16. The molecule has 0 atom stereocenters. The number of anilines is 1. The SMILES string of the molecule is Cc1cn(-c2cccc(C)c2C)c(NC2CC2)n1. The van der Waals surface area contributed by atoms with Gasteiger partial charge in [0.15, 0.2) is 0 Å². The van der Waals surface area contributed by atoms with E-state index in [0.717, 1.165) is 11.6 Å². The monoisotopic (exact) mass is 241 g/mol. The third-order valence-electron chi connectivity index (χ3n) is 3.57. The molecule has 94 valence electrons. The van der Waals surface area contributed by atoms with Gasteiger partial charge in [-0.1, -0.05) is 12.1 Å². The van der Waals surface area contributed by atoms with Crippen molar-refractivity contribution in [3.8, 4) is 5.69 Å². The molecular weight excluding hydrogens is 222 g/mol. The highest BCUT2D eigenvalue weighted by Crippen LogP contribution is 2.27. The Labute approximate surface area is 108 Å². The van der Waals surface area contributed by atoms with Gasteiger partial charge < -0.3 is 5.32 Å². The molecule has 0 aliphatic heterocycles. The summed E-state index contributed by atoms with van der Waals surface area (Å²) in [6.07, 6.45) is 4.63. The van der Waals surface area contributed by atoms with Gasteiger partial charge in [-0.3, -0.25) is 4.57 Å². The second-order valence-electron chi connectivity index (χ2n) is 5.21. The van der Waals surface area contributed by atoms with Gasteiger partial charge in [0, 0.05) is 12.2 Å². The second-order valence-corrected chi connectivity index (χ2v) is 5.21. The van der Waals surface area contributed by atoms with Gasteiger partial charge in [-0.2, -0.15) is 0 Å². The fraction of sp³-hybridized carbons (Fsp3) is 0.400. The standard InChI is InChI=1S/C15H19N3/c1-10-5-4-6-14(12(10)3)18-9-11(2)16-15(18)17-13-7-8-13/h4-6,9,13H,7-8H2,1-3H3,(H,16,17). The molecule has 3 nitrogen and oxygen atoms in total. The van der Waals surface area contributed by atoms with Gasteiger partial charge in [-0.15, -0.1) is 0 Å². The van der Waals surface area contributed by atoms with E-state index in [1.165, 1.54) is 29.7 Å². The molecule has 0 spiro atoms. The molecule has 1 aliphatic rings. The Morgan fingerprint density at radius 3 is 2.72 bits per heavy atom. The fourth-order valence-corrected chi connectivity index (χ4v) is 2.19. The molecule has 0 radical (unpaired) electrons. The van der Waals surface area contributed by atoms with E-state index in [1.54, 1.807) is 0 Å². The quantitative estimate of drug-likeness (QED) is 0.892. The Hall–Kier alpha value is -1.77. The van der Waals surface area contributed by atoms with Crippen LogP contribution in [0.15, 0.2) is 24.4 Å². The summed E-state index contributed by atoms with van der Waals surface area (Å²) in [5, 5.41) is 3.50. The highest BCUT2D eigenvalue weighted by Gasteiger charge is 2.23. The van der Waals surface area contributed by atoms with Gasteiger partial charge in [0.05, 0.1) is 11.4 Å². The largest absolute Gasteiger partial charge is 0.353 e. The Balaban J connectivity index is 2.06. The van der Waals surface area contributed by atoms with E-state index in [4.69, 9.17) is 0 Å². The fourth-order valence-electron chi connectivity index (χ4n) is 2.19. The van der Waals surface area contributed by atoms with E-state index in [1.807, 2.05) is 6.92 Å². The maximum absolute atomic E-state index is 4.59. The first-order valence-electron chi connectivity index (χ1n) is 6.54. The minimum Gasteiger partial charge on any atom is -0.353 e. The van der Waals surface area contributed by atoms with Gasteiger partial charge in [0.2, 0.25) is 5.95 Å². The molecule has 1 fully saturated rings. The van der Waals surface area contributed by atoms with Crippen LogP contribution in [0.2, 0.25) is 0 Å². The van der Waals surface area contributed by atoms with Crippen LogP contribution in [0.25, 0.3) is 5.69 Å². The van der Waals surface area contributed by atoms with Gasteiger partial charge in [-0.05, 0) is 50.8 Å². The zero-order valence-corrected chi connectivity index (χ0v) is 11.2. The van der Waals surface area contributed by atoms with Gasteiger partial charge >= 0.3 is 0 Å². The lowest BCUT2D eigenvalue weighted by Gasteiger charge is -2.13. The molecule has 1 aliphatic carbocycles. The van der Waals surface area contributed by atoms with Crippen LogP contribution in [0.3, 0.4) is 0 Å². The first-order valence-corrected chi connectivity index (χ1v) is 6.54. The molecule has 3 rings (SSSR count). The normalized spacial score (nSPS) is 14.8. The Kier molecular flexibility index (Phi) is 2.62. The number of rotatable bonds is 3. The summed E-state index contributed by atoms with van der Waals surface area (Å²) in [6.45, 7) is 6.36. The summed E-state index contributed by atoms with van der Waals surface area (Å²) in [6, 6.07) is 7.03. The van der Waals surface area contributed by atoms with Gasteiger partial charge in [0.25, 0.3) is 0 Å². The topological polar surface area (TPSA) is 29.9 Å². The predicted molar refractivity (Wildman–Crippen MR) is 74.4 cm³/mol. The maximum atomic E-state index is 4.59. The molecule has 0 bridgehead atoms. The highest BCUT2D eigenvalue weighted by atomic mass is 15.2. The Morgan fingerprint density at radius 2 is 2.00 bits per heavy atom. The highest BCUT2D eigenvalue weighted by molar-refractivity contribution is 5.50. The summed E-state index contributed by atoms with van der Waals surface area (Å²) in [5.74, 6) is 0.976. The number of benzene rings is 1. The molecule has 0 unspecified atom stereocenters. The van der Waals surface area contributed by atoms with E-state index in [-0.39, 0.29) is 0 Å². The number of hydrogen-bond acceptors (Lipinski definition) is 2. The van der Waals surface area contributed by atoms with Crippen LogP contribution in [0.4, 0.5) is 5.95 Å². The van der Waals surface area contributed by atoms with E-state index < -0.39 is 0 Å². The molecule has 1 saturated carbocycles. The van der Waals surface area contributed by atoms with Crippen LogP contribution in [-0.4, -0.2) is 15.6 Å². The van der Waals surface area contributed by atoms with Gasteiger partial charge in [-0.25, -0.2) is 4.98 Å². The van der Waals surface area contributed by atoms with Crippen molar-refractivity contribution in [2.75, 3.05) is 5.32 Å². The molecule has 2 aromatic rings. The van der Waals surface area contributed by atoms with Crippen molar-refractivity contribution in [3.63, 3.8) is 0 Å². The Bertz CT molecular complexity index is 579. The van der Waals surface area contributed by atoms with E-state index >= 15 is 0 Å². The number of hydrogen-bond donors (Lipinski definition) is 1. The van der Waals surface area contributed by atoms with E-state index in [0.29, 0.717) is 6.04 Å². The maximum Gasteiger partial charge on any atom is 0.207 e. The lowest BCUT2D eigenvalue weighted by molar-refractivity contribution is 0.990. The molecule has 18 heavy (non-hydrogen) atoms. The van der Waals surface area contributed by atoms with E-state index in [2.05, 4.69) is 53.1 Å². The zero-order valence-electron chi connectivity index (χ0n) is 11.2. The molecule has 0 amide bonds. The van der Waals surface area contributed by atoms with Crippen LogP contribution in [0.5, 0.6) is 0 Å². The average Bonchev–Trinajstić information content (AvgIpc) is 3.06. The van der Waals surface area contributed by atoms with Crippen LogP contribution in [0, 0.1) is 20.8 Å². The minimum absolute atomic E-state index is 0.621. The average molecular weight is 241 g/mol. The van der Waals surface area contributed by atoms with Crippen LogP contribution in [0.1, 0.15) is 29.7 Å². The van der Waals surface area contributed by atoms with E-state index in [9.17, 15) is 0 Å². The van der Waals surface area contributed by atoms with Crippen molar-refractivity contribution in [2.45, 2.75) is 39.7 Å². The number of aryl methyl sites for hydroxylation is 2. The van der Waals surface area contributed by atoms with Crippen molar-refractivity contribution >= 4 is 5.95 Å². The van der Waals surface area contributed by atoms with Crippen molar-refractivity contribution in [1.29, 1.82) is 0 Å². The van der Waals surface area contributed by atoms with Crippen molar-refractivity contribution in [1.82, 2.24) is 9.55 Å². The smallest absolute Gasteiger partial charge is 0.207 e. The summed E-state index contributed by atoms with van der Waals surface area (Å²) in [5.41, 5.74) is 4.91.